The van der Waals surface area contributed by atoms with E-state index >= 15 is 0 Å². The molecule has 7 heteroatoms. The number of aromatic nitrogens is 4. The lowest BCUT2D eigenvalue weighted by Crippen LogP contribution is -2.44. The summed E-state index contributed by atoms with van der Waals surface area (Å²) in [6.45, 7) is 3.14. The van der Waals surface area contributed by atoms with E-state index in [9.17, 15) is 0 Å². The van der Waals surface area contributed by atoms with Crippen LogP contribution in [-0.4, -0.2) is 51.5 Å². The van der Waals surface area contributed by atoms with Crippen LogP contribution in [0.15, 0.2) is 36.8 Å². The highest BCUT2D eigenvalue weighted by Crippen LogP contribution is 2.33. The summed E-state index contributed by atoms with van der Waals surface area (Å²) in [6, 6.07) is 7.12. The lowest BCUT2D eigenvalue weighted by atomic mass is 9.87. The Morgan fingerprint density at radius 1 is 1.14 bits per heavy atom. The van der Waals surface area contributed by atoms with E-state index in [1.807, 2.05) is 23.0 Å². The summed E-state index contributed by atoms with van der Waals surface area (Å²) in [5.41, 5.74) is 4.45. The van der Waals surface area contributed by atoms with Crippen LogP contribution < -0.4 is 10.8 Å². The van der Waals surface area contributed by atoms with Crippen molar-refractivity contribution in [2.75, 3.05) is 18.4 Å². The maximum Gasteiger partial charge on any atom is 0.151 e. The van der Waals surface area contributed by atoms with E-state index in [4.69, 9.17) is 4.98 Å². The number of nitrogens with zero attached hydrogens (tertiary/aromatic N) is 5. The van der Waals surface area contributed by atoms with Crippen molar-refractivity contribution in [2.24, 2.45) is 0 Å². The molecule has 1 saturated heterocycles. The SMILES string of the molecule is Bc1cnn2c(NCc3cccnc3)cc(C3CCN(C4CCC4)CC3)nc12. The topological polar surface area (TPSA) is 58.4 Å². The van der Waals surface area contributed by atoms with Crippen molar-refractivity contribution in [1.29, 1.82) is 0 Å². The first-order valence-electron chi connectivity index (χ1n) is 10.5. The van der Waals surface area contributed by atoms with Crippen molar-refractivity contribution in [1.82, 2.24) is 24.5 Å². The van der Waals surface area contributed by atoms with E-state index in [1.165, 1.54) is 50.9 Å². The number of likely N-dealkylation sites (tertiary alicyclic amines) is 1. The zero-order chi connectivity index (χ0) is 18.9. The van der Waals surface area contributed by atoms with Crippen molar-refractivity contribution in [3.8, 4) is 0 Å². The van der Waals surface area contributed by atoms with Crippen LogP contribution in [0, 0.1) is 0 Å². The fraction of sp³-hybridized carbons (Fsp3) is 0.476. The first-order chi connectivity index (χ1) is 13.8. The van der Waals surface area contributed by atoms with Crippen LogP contribution >= 0.6 is 0 Å². The van der Waals surface area contributed by atoms with Gasteiger partial charge in [-0.2, -0.15) is 9.61 Å². The predicted molar refractivity (Wildman–Crippen MR) is 114 cm³/mol. The normalized spacial score (nSPS) is 19.0. The van der Waals surface area contributed by atoms with E-state index in [1.54, 1.807) is 6.20 Å². The molecule has 144 valence electrons. The largest absolute Gasteiger partial charge is 0.366 e. The van der Waals surface area contributed by atoms with E-state index in [2.05, 4.69) is 40.3 Å². The highest BCUT2D eigenvalue weighted by Gasteiger charge is 2.30. The molecule has 6 nitrogen and oxygen atoms in total. The monoisotopic (exact) mass is 374 g/mol. The summed E-state index contributed by atoms with van der Waals surface area (Å²) in [5, 5.41) is 8.09. The van der Waals surface area contributed by atoms with Crippen molar-refractivity contribution >= 4 is 24.8 Å². The second kappa shape index (κ2) is 7.55. The van der Waals surface area contributed by atoms with Crippen LogP contribution in [0.1, 0.15) is 49.3 Å². The predicted octanol–water partition coefficient (Wildman–Crippen LogP) is 1.73. The van der Waals surface area contributed by atoms with Crippen LogP contribution in [0.25, 0.3) is 5.65 Å². The number of anilines is 1. The van der Waals surface area contributed by atoms with Crippen LogP contribution in [0.2, 0.25) is 0 Å². The Morgan fingerprint density at radius 2 is 2.00 bits per heavy atom. The smallest absolute Gasteiger partial charge is 0.151 e. The van der Waals surface area contributed by atoms with Crippen LogP contribution in [0.5, 0.6) is 0 Å². The first-order valence-corrected chi connectivity index (χ1v) is 10.5. The third-order valence-corrected chi connectivity index (χ3v) is 6.40. The summed E-state index contributed by atoms with van der Waals surface area (Å²) in [7, 11) is 2.09. The van der Waals surface area contributed by atoms with Gasteiger partial charge in [0, 0.05) is 48.9 Å². The number of hydrogen-bond acceptors (Lipinski definition) is 5. The molecule has 1 saturated carbocycles. The van der Waals surface area contributed by atoms with Gasteiger partial charge in [0.1, 0.15) is 13.7 Å². The Balaban J connectivity index is 1.37. The molecule has 3 aromatic heterocycles. The van der Waals surface area contributed by atoms with Gasteiger partial charge < -0.3 is 10.2 Å². The summed E-state index contributed by atoms with van der Waals surface area (Å²) >= 11 is 0. The van der Waals surface area contributed by atoms with Crippen molar-refractivity contribution in [3.05, 3.63) is 48.0 Å². The Kier molecular flexibility index (Phi) is 4.76. The molecular weight excluding hydrogens is 347 g/mol. The molecule has 2 aliphatic rings. The molecule has 1 aliphatic carbocycles. The number of rotatable bonds is 5. The van der Waals surface area contributed by atoms with Gasteiger partial charge in [0.05, 0.1) is 0 Å². The average molecular weight is 374 g/mol. The maximum atomic E-state index is 5.01. The number of pyridine rings is 1. The van der Waals surface area contributed by atoms with Crippen molar-refractivity contribution in [2.45, 2.75) is 50.6 Å². The van der Waals surface area contributed by atoms with Crippen molar-refractivity contribution < 1.29 is 0 Å². The van der Waals surface area contributed by atoms with E-state index in [0.717, 1.165) is 35.1 Å². The van der Waals surface area contributed by atoms with Gasteiger partial charge in [-0.05, 0) is 55.9 Å². The lowest BCUT2D eigenvalue weighted by Gasteiger charge is -2.41. The highest BCUT2D eigenvalue weighted by molar-refractivity contribution is 6.36. The molecule has 4 heterocycles. The van der Waals surface area contributed by atoms with Gasteiger partial charge >= 0.3 is 0 Å². The highest BCUT2D eigenvalue weighted by atomic mass is 15.3. The Bertz CT molecular complexity index is 944. The number of fused-ring (bicyclic) bond motifs is 1. The molecular formula is C21H27BN6. The minimum absolute atomic E-state index is 0.537. The van der Waals surface area contributed by atoms with Gasteiger partial charge in [0.2, 0.25) is 0 Å². The molecule has 1 aliphatic heterocycles. The molecule has 0 unspecified atom stereocenters. The molecule has 0 aromatic carbocycles. The summed E-state index contributed by atoms with van der Waals surface area (Å²) < 4.78 is 1.93. The molecule has 3 aromatic rings. The van der Waals surface area contributed by atoms with Gasteiger partial charge in [0.25, 0.3) is 0 Å². The fourth-order valence-corrected chi connectivity index (χ4v) is 4.43. The number of piperidine rings is 1. The first kappa shape index (κ1) is 17.7. The van der Waals surface area contributed by atoms with Crippen molar-refractivity contribution in [3.63, 3.8) is 0 Å². The zero-order valence-electron chi connectivity index (χ0n) is 16.5. The Labute approximate surface area is 166 Å². The third-order valence-electron chi connectivity index (χ3n) is 6.40. The van der Waals surface area contributed by atoms with E-state index in [0.29, 0.717) is 5.92 Å². The van der Waals surface area contributed by atoms with E-state index < -0.39 is 0 Å². The average Bonchev–Trinajstić information content (AvgIpc) is 3.07. The molecule has 0 bridgehead atoms. The summed E-state index contributed by atoms with van der Waals surface area (Å²) in [4.78, 5) is 11.9. The number of hydrogen-bond donors (Lipinski definition) is 1. The van der Waals surface area contributed by atoms with Gasteiger partial charge in [0.15, 0.2) is 5.65 Å². The number of nitrogens with one attached hydrogen (secondary N) is 1. The van der Waals surface area contributed by atoms with Gasteiger partial charge in [-0.25, -0.2) is 4.98 Å². The lowest BCUT2D eigenvalue weighted by molar-refractivity contribution is 0.0970. The minimum atomic E-state index is 0.537. The molecule has 0 radical (unpaired) electrons. The van der Waals surface area contributed by atoms with Crippen LogP contribution in [-0.2, 0) is 6.54 Å². The maximum absolute atomic E-state index is 5.01. The molecule has 0 amide bonds. The summed E-state index contributed by atoms with van der Waals surface area (Å²) in [6.07, 6.45) is 12.2. The molecule has 0 atom stereocenters. The molecule has 5 rings (SSSR count). The van der Waals surface area contributed by atoms with Crippen LogP contribution in [0.4, 0.5) is 5.82 Å². The molecule has 1 N–H and O–H groups in total. The molecule has 0 spiro atoms. The molecule has 28 heavy (non-hydrogen) atoms. The second-order valence-corrected chi connectivity index (χ2v) is 8.24. The summed E-state index contributed by atoms with van der Waals surface area (Å²) in [5.74, 6) is 1.55. The third kappa shape index (κ3) is 3.39. The standard InChI is InChI=1S/C21H27BN6/c22-18-14-25-28-20(24-13-15-3-2-8-23-12-15)11-19(26-21(18)28)16-6-9-27(10-7-16)17-4-1-5-17/h2-3,8,11-12,14,16-17,24H,1,4-7,9-10,13,22H2. The van der Waals surface area contributed by atoms with Gasteiger partial charge in [-0.15, -0.1) is 0 Å². The Hall–Kier alpha value is -2.41. The second-order valence-electron chi connectivity index (χ2n) is 8.24. The van der Waals surface area contributed by atoms with Gasteiger partial charge in [-0.1, -0.05) is 12.5 Å². The van der Waals surface area contributed by atoms with E-state index in [-0.39, 0.29) is 0 Å². The zero-order valence-corrected chi connectivity index (χ0v) is 16.5. The minimum Gasteiger partial charge on any atom is -0.366 e. The Morgan fingerprint density at radius 3 is 2.71 bits per heavy atom. The fourth-order valence-electron chi connectivity index (χ4n) is 4.43. The molecule has 2 fully saturated rings. The quantitative estimate of drug-likeness (QED) is 0.690. The van der Waals surface area contributed by atoms with Gasteiger partial charge in [-0.3, -0.25) is 4.98 Å². The van der Waals surface area contributed by atoms with Crippen LogP contribution in [0.3, 0.4) is 0 Å².